The molecule has 1 heterocycles. The number of nitrogens with one attached hydrogen (secondary N) is 1. The molecule has 4 heteroatoms. The van der Waals surface area contributed by atoms with Crippen molar-refractivity contribution < 1.29 is 14.3 Å². The minimum atomic E-state index is -0.0650. The summed E-state index contributed by atoms with van der Waals surface area (Å²) in [5.41, 5.74) is 1.23. The molecule has 0 fully saturated rings. The van der Waals surface area contributed by atoms with E-state index in [4.69, 9.17) is 9.47 Å². The average molecular weight is 311 g/mol. The van der Waals surface area contributed by atoms with E-state index in [2.05, 4.69) is 17.4 Å². The van der Waals surface area contributed by atoms with E-state index < -0.39 is 0 Å². The Labute approximate surface area is 136 Å². The average Bonchev–Trinajstić information content (AvgIpc) is 2.61. The van der Waals surface area contributed by atoms with Gasteiger partial charge >= 0.3 is 0 Å². The molecule has 4 nitrogen and oxygen atoms in total. The Balaban J connectivity index is 1.37. The van der Waals surface area contributed by atoms with E-state index in [1.165, 1.54) is 5.56 Å². The largest absolute Gasteiger partial charge is 0.486 e. The third kappa shape index (κ3) is 4.49. The summed E-state index contributed by atoms with van der Waals surface area (Å²) in [5, 5.41) is 2.95. The van der Waals surface area contributed by atoms with Crippen molar-refractivity contribution in [1.82, 2.24) is 5.32 Å². The fourth-order valence-corrected chi connectivity index (χ4v) is 2.58. The number of amides is 1. The molecule has 0 aromatic heterocycles. The highest BCUT2D eigenvalue weighted by atomic mass is 16.6. The van der Waals surface area contributed by atoms with Crippen LogP contribution >= 0.6 is 0 Å². The van der Waals surface area contributed by atoms with Gasteiger partial charge in [0, 0.05) is 13.0 Å². The molecule has 0 spiro atoms. The zero-order valence-electron chi connectivity index (χ0n) is 13.0. The predicted octanol–water partition coefficient (Wildman–Crippen LogP) is 2.97. The predicted molar refractivity (Wildman–Crippen MR) is 88.7 cm³/mol. The number of rotatable bonds is 6. The van der Waals surface area contributed by atoms with E-state index in [0.717, 1.165) is 17.9 Å². The first-order chi connectivity index (χ1) is 11.3. The summed E-state index contributed by atoms with van der Waals surface area (Å²) in [6, 6.07) is 17.8. The van der Waals surface area contributed by atoms with Gasteiger partial charge in [0.25, 0.3) is 0 Å². The van der Waals surface area contributed by atoms with Gasteiger partial charge in [-0.1, -0.05) is 42.5 Å². The number of benzene rings is 2. The molecular formula is C19H21NO3. The Bertz CT molecular complexity index is 642. The lowest BCUT2D eigenvalue weighted by Gasteiger charge is -2.26. The second-order valence-electron chi connectivity index (χ2n) is 5.62. The number of carbonyl (C=O) groups is 1. The van der Waals surface area contributed by atoms with Crippen LogP contribution in [0.1, 0.15) is 18.4 Å². The molecule has 1 N–H and O–H groups in total. The fourth-order valence-electron chi connectivity index (χ4n) is 2.58. The van der Waals surface area contributed by atoms with E-state index in [9.17, 15) is 4.79 Å². The summed E-state index contributed by atoms with van der Waals surface area (Å²) in [7, 11) is 0. The van der Waals surface area contributed by atoms with Gasteiger partial charge in [0.05, 0.1) is 0 Å². The van der Waals surface area contributed by atoms with Gasteiger partial charge < -0.3 is 14.8 Å². The van der Waals surface area contributed by atoms with Gasteiger partial charge in [-0.15, -0.1) is 0 Å². The first kappa shape index (κ1) is 15.4. The first-order valence-corrected chi connectivity index (χ1v) is 8.00. The summed E-state index contributed by atoms with van der Waals surface area (Å²) >= 11 is 0. The molecular weight excluding hydrogens is 290 g/mol. The highest BCUT2D eigenvalue weighted by Crippen LogP contribution is 2.31. The van der Waals surface area contributed by atoms with Gasteiger partial charge in [0.15, 0.2) is 11.5 Å². The number of carbonyl (C=O) groups excluding carboxylic acids is 1. The van der Waals surface area contributed by atoms with Crippen molar-refractivity contribution in [2.45, 2.75) is 25.4 Å². The SMILES string of the molecule is O=C(CC[C@@H]1COc2ccccc2O1)NCCc1ccccc1. The van der Waals surface area contributed by atoms with Crippen molar-refractivity contribution >= 4 is 5.91 Å². The molecule has 0 saturated carbocycles. The van der Waals surface area contributed by atoms with Crippen LogP contribution in [0.4, 0.5) is 0 Å². The number of hydrogen-bond donors (Lipinski definition) is 1. The Morgan fingerprint density at radius 1 is 1.04 bits per heavy atom. The Morgan fingerprint density at radius 3 is 2.61 bits per heavy atom. The third-order valence-corrected chi connectivity index (χ3v) is 3.84. The van der Waals surface area contributed by atoms with Crippen LogP contribution in [0, 0.1) is 0 Å². The Morgan fingerprint density at radius 2 is 1.78 bits per heavy atom. The van der Waals surface area contributed by atoms with Crippen molar-refractivity contribution in [3.05, 3.63) is 60.2 Å². The van der Waals surface area contributed by atoms with E-state index in [1.54, 1.807) is 0 Å². The first-order valence-electron chi connectivity index (χ1n) is 8.00. The maximum Gasteiger partial charge on any atom is 0.220 e. The van der Waals surface area contributed by atoms with Crippen LogP contribution in [0.2, 0.25) is 0 Å². The van der Waals surface area contributed by atoms with Gasteiger partial charge in [-0.2, -0.15) is 0 Å². The normalized spacial score (nSPS) is 15.9. The summed E-state index contributed by atoms with van der Waals surface area (Å²) in [5.74, 6) is 1.59. The summed E-state index contributed by atoms with van der Waals surface area (Å²) < 4.78 is 11.5. The highest BCUT2D eigenvalue weighted by molar-refractivity contribution is 5.75. The smallest absolute Gasteiger partial charge is 0.220 e. The second-order valence-corrected chi connectivity index (χ2v) is 5.62. The molecule has 1 aliphatic heterocycles. The Kier molecular flexibility index (Phi) is 5.14. The topological polar surface area (TPSA) is 47.6 Å². The van der Waals surface area contributed by atoms with Crippen LogP contribution in [0.5, 0.6) is 11.5 Å². The molecule has 3 rings (SSSR count). The molecule has 0 unspecified atom stereocenters. The van der Waals surface area contributed by atoms with Crippen LogP contribution in [0.15, 0.2) is 54.6 Å². The summed E-state index contributed by atoms with van der Waals surface area (Å²) in [4.78, 5) is 11.9. The van der Waals surface area contributed by atoms with Gasteiger partial charge in [0.2, 0.25) is 5.91 Å². The monoisotopic (exact) mass is 311 g/mol. The molecule has 0 saturated heterocycles. The van der Waals surface area contributed by atoms with E-state index in [0.29, 0.717) is 26.0 Å². The lowest BCUT2D eigenvalue weighted by Crippen LogP contribution is -2.32. The van der Waals surface area contributed by atoms with Crippen LogP contribution in [0.25, 0.3) is 0 Å². The van der Waals surface area contributed by atoms with Crippen molar-refractivity contribution in [3.63, 3.8) is 0 Å². The quantitative estimate of drug-likeness (QED) is 0.892. The zero-order chi connectivity index (χ0) is 15.9. The van der Waals surface area contributed by atoms with E-state index in [-0.39, 0.29) is 12.0 Å². The molecule has 23 heavy (non-hydrogen) atoms. The maximum absolute atomic E-state index is 11.9. The van der Waals surface area contributed by atoms with Crippen molar-refractivity contribution in [2.24, 2.45) is 0 Å². The van der Waals surface area contributed by atoms with Crippen molar-refractivity contribution in [1.29, 1.82) is 0 Å². The van der Waals surface area contributed by atoms with Gasteiger partial charge in [-0.25, -0.2) is 0 Å². The molecule has 1 atom stereocenters. The lowest BCUT2D eigenvalue weighted by atomic mass is 10.1. The third-order valence-electron chi connectivity index (χ3n) is 3.84. The molecule has 1 aliphatic rings. The van der Waals surface area contributed by atoms with Gasteiger partial charge in [-0.3, -0.25) is 4.79 Å². The molecule has 0 aliphatic carbocycles. The maximum atomic E-state index is 11.9. The molecule has 120 valence electrons. The number of fused-ring (bicyclic) bond motifs is 1. The van der Waals surface area contributed by atoms with Crippen LogP contribution < -0.4 is 14.8 Å². The van der Waals surface area contributed by atoms with Crippen LogP contribution in [-0.2, 0) is 11.2 Å². The minimum absolute atomic E-state index is 0.0587. The van der Waals surface area contributed by atoms with Crippen molar-refractivity contribution in [2.75, 3.05) is 13.2 Å². The second kappa shape index (κ2) is 7.68. The van der Waals surface area contributed by atoms with Crippen LogP contribution in [-0.4, -0.2) is 25.2 Å². The number of para-hydroxylation sites is 2. The standard InChI is InChI=1S/C19H21NO3/c21-19(20-13-12-15-6-2-1-3-7-15)11-10-16-14-22-17-8-4-5-9-18(17)23-16/h1-9,16H,10-14H2,(H,20,21)/t16-/m1/s1. The fraction of sp³-hybridized carbons (Fsp3) is 0.316. The Hall–Kier alpha value is -2.49. The molecule has 2 aromatic carbocycles. The minimum Gasteiger partial charge on any atom is -0.486 e. The summed E-state index contributed by atoms with van der Waals surface area (Å²) in [6.45, 7) is 1.15. The zero-order valence-corrected chi connectivity index (χ0v) is 13.0. The van der Waals surface area contributed by atoms with E-state index >= 15 is 0 Å². The van der Waals surface area contributed by atoms with Crippen molar-refractivity contribution in [3.8, 4) is 11.5 Å². The number of hydrogen-bond acceptors (Lipinski definition) is 3. The molecule has 0 radical (unpaired) electrons. The number of ether oxygens (including phenoxy) is 2. The van der Waals surface area contributed by atoms with Gasteiger partial charge in [0.1, 0.15) is 12.7 Å². The van der Waals surface area contributed by atoms with E-state index in [1.807, 2.05) is 42.5 Å². The lowest BCUT2D eigenvalue weighted by molar-refractivity contribution is -0.121. The molecule has 0 bridgehead atoms. The van der Waals surface area contributed by atoms with Gasteiger partial charge in [-0.05, 0) is 30.5 Å². The molecule has 1 amide bonds. The highest BCUT2D eigenvalue weighted by Gasteiger charge is 2.21. The molecule has 2 aromatic rings. The van der Waals surface area contributed by atoms with Crippen LogP contribution in [0.3, 0.4) is 0 Å². The summed E-state index contributed by atoms with van der Waals surface area (Å²) in [6.07, 6.45) is 1.89.